The van der Waals surface area contributed by atoms with Crippen LogP contribution < -0.4 is 10.6 Å². The Bertz CT molecular complexity index is 1230. The zero-order valence-corrected chi connectivity index (χ0v) is 19.6. The summed E-state index contributed by atoms with van der Waals surface area (Å²) in [5, 5.41) is 6.85. The largest absolute Gasteiger partial charge is 0.381 e. The molecule has 1 atom stereocenters. The number of carbonyl (C=O) groups excluding carboxylic acids is 3. The zero-order chi connectivity index (χ0) is 24.7. The smallest absolute Gasteiger partial charge is 0.271 e. The number of nitrogens with zero attached hydrogens (tertiary/aromatic N) is 1. The minimum atomic E-state index is -0.770. The topological polar surface area (TPSA) is 113 Å². The van der Waals surface area contributed by atoms with E-state index < -0.39 is 17.8 Å². The number of halogens is 1. The van der Waals surface area contributed by atoms with Crippen molar-refractivity contribution >= 4 is 35.1 Å². The molecule has 3 amide bonds. The van der Waals surface area contributed by atoms with Crippen LogP contribution in [0.25, 0.3) is 11.6 Å². The lowest BCUT2D eigenvalue weighted by atomic mass is 10.0. The van der Waals surface area contributed by atoms with Crippen molar-refractivity contribution in [3.8, 4) is 0 Å². The standard InChI is InChI=1S/C25H27FN4O5/c1-13-20(10-18-17-9-16(26)3-4-19(17)28-23(18)31)27-14(2)22(13)24(32)29-21-12-35-30(25(21)33)11-15-5-7-34-8-6-15/h3-4,9-10,15,21,27H,5-8,11-12H2,1-2H3,(H,28,31)(H,29,32)/t21-/m1/s1. The summed E-state index contributed by atoms with van der Waals surface area (Å²) >= 11 is 0. The van der Waals surface area contributed by atoms with Gasteiger partial charge >= 0.3 is 0 Å². The Kier molecular flexibility index (Phi) is 6.16. The van der Waals surface area contributed by atoms with Crippen molar-refractivity contribution < 1.29 is 28.3 Å². The van der Waals surface area contributed by atoms with Gasteiger partial charge in [0.1, 0.15) is 18.5 Å². The van der Waals surface area contributed by atoms with Crippen LogP contribution in [0.3, 0.4) is 0 Å². The van der Waals surface area contributed by atoms with Crippen LogP contribution in [-0.2, 0) is 19.2 Å². The molecule has 10 heteroatoms. The summed E-state index contributed by atoms with van der Waals surface area (Å²) in [6, 6.07) is 3.33. The van der Waals surface area contributed by atoms with E-state index in [0.29, 0.717) is 65.0 Å². The molecular formula is C25H27FN4O5. The summed E-state index contributed by atoms with van der Waals surface area (Å²) in [5.74, 6) is -1.14. The molecule has 0 aliphatic carbocycles. The van der Waals surface area contributed by atoms with Gasteiger partial charge in [0.25, 0.3) is 17.7 Å². The van der Waals surface area contributed by atoms with Gasteiger partial charge in [-0.2, -0.15) is 0 Å². The number of hydrogen-bond donors (Lipinski definition) is 3. The highest BCUT2D eigenvalue weighted by atomic mass is 19.1. The van der Waals surface area contributed by atoms with E-state index in [2.05, 4.69) is 15.6 Å². The summed E-state index contributed by atoms with van der Waals surface area (Å²) in [7, 11) is 0. The molecule has 0 bridgehead atoms. The summed E-state index contributed by atoms with van der Waals surface area (Å²) in [5.41, 5.74) is 3.47. The molecule has 0 radical (unpaired) electrons. The van der Waals surface area contributed by atoms with E-state index in [4.69, 9.17) is 9.57 Å². The molecule has 2 aromatic rings. The van der Waals surface area contributed by atoms with Crippen molar-refractivity contribution in [1.29, 1.82) is 0 Å². The first-order valence-corrected chi connectivity index (χ1v) is 11.7. The molecule has 0 saturated carbocycles. The molecule has 1 aromatic heterocycles. The van der Waals surface area contributed by atoms with E-state index in [1.54, 1.807) is 19.9 Å². The van der Waals surface area contributed by atoms with Crippen molar-refractivity contribution in [3.63, 3.8) is 0 Å². The third-order valence-electron chi connectivity index (χ3n) is 6.77. The van der Waals surface area contributed by atoms with Crippen molar-refractivity contribution in [2.24, 2.45) is 5.92 Å². The van der Waals surface area contributed by atoms with E-state index in [-0.39, 0.29) is 18.4 Å². The number of ether oxygens (including phenoxy) is 1. The lowest BCUT2D eigenvalue weighted by Gasteiger charge is -2.25. The third kappa shape index (κ3) is 4.46. The molecule has 3 aliphatic heterocycles. The molecule has 184 valence electrons. The first-order chi connectivity index (χ1) is 16.8. The molecule has 4 heterocycles. The van der Waals surface area contributed by atoms with Crippen molar-refractivity contribution in [3.05, 3.63) is 52.1 Å². The van der Waals surface area contributed by atoms with Gasteiger partial charge in [0.05, 0.1) is 17.7 Å². The van der Waals surface area contributed by atoms with Crippen LogP contribution in [0.5, 0.6) is 0 Å². The molecule has 0 unspecified atom stereocenters. The number of hydroxylamine groups is 2. The Morgan fingerprint density at radius 2 is 2.03 bits per heavy atom. The quantitative estimate of drug-likeness (QED) is 0.567. The number of H-pyrrole nitrogens is 1. The van der Waals surface area contributed by atoms with Gasteiger partial charge in [0, 0.05) is 35.9 Å². The van der Waals surface area contributed by atoms with Crippen molar-refractivity contribution in [2.45, 2.75) is 32.7 Å². The van der Waals surface area contributed by atoms with Gasteiger partial charge in [0.2, 0.25) is 0 Å². The van der Waals surface area contributed by atoms with E-state index in [0.717, 1.165) is 12.8 Å². The van der Waals surface area contributed by atoms with Crippen LogP contribution in [0.1, 0.15) is 45.7 Å². The average molecular weight is 483 g/mol. The Labute approximate surface area is 201 Å². The van der Waals surface area contributed by atoms with Gasteiger partial charge in [-0.05, 0) is 62.4 Å². The number of carbonyl (C=O) groups is 3. The van der Waals surface area contributed by atoms with Crippen LogP contribution in [-0.4, -0.2) is 60.2 Å². The van der Waals surface area contributed by atoms with Crippen LogP contribution in [0, 0.1) is 25.6 Å². The fraction of sp³-hybridized carbons (Fsp3) is 0.400. The second-order valence-electron chi connectivity index (χ2n) is 9.14. The van der Waals surface area contributed by atoms with Gasteiger partial charge in [-0.25, -0.2) is 9.45 Å². The predicted octanol–water partition coefficient (Wildman–Crippen LogP) is 2.56. The number of aryl methyl sites for hydroxylation is 1. The zero-order valence-electron chi connectivity index (χ0n) is 19.6. The number of amides is 3. The van der Waals surface area contributed by atoms with Gasteiger partial charge in [-0.1, -0.05) is 0 Å². The third-order valence-corrected chi connectivity index (χ3v) is 6.77. The van der Waals surface area contributed by atoms with Gasteiger partial charge in [-0.3, -0.25) is 19.2 Å². The summed E-state index contributed by atoms with van der Waals surface area (Å²) in [6.45, 7) is 5.43. The number of benzene rings is 1. The SMILES string of the molecule is Cc1[nH]c(C=C2C(=O)Nc3ccc(F)cc32)c(C)c1C(=O)N[C@@H]1CON(CC2CCOCC2)C1=O. The van der Waals surface area contributed by atoms with Crippen LogP contribution in [0.4, 0.5) is 10.1 Å². The average Bonchev–Trinajstić information content (AvgIpc) is 3.43. The van der Waals surface area contributed by atoms with Gasteiger partial charge in [0.15, 0.2) is 0 Å². The second-order valence-corrected chi connectivity index (χ2v) is 9.14. The Morgan fingerprint density at radius 3 is 2.80 bits per heavy atom. The fourth-order valence-electron chi connectivity index (χ4n) is 4.82. The van der Waals surface area contributed by atoms with E-state index in [9.17, 15) is 18.8 Å². The Balaban J connectivity index is 1.31. The van der Waals surface area contributed by atoms with E-state index >= 15 is 0 Å². The molecule has 35 heavy (non-hydrogen) atoms. The monoisotopic (exact) mass is 482 g/mol. The van der Waals surface area contributed by atoms with Crippen molar-refractivity contribution in [1.82, 2.24) is 15.4 Å². The molecular weight excluding hydrogens is 455 g/mol. The number of hydrogen-bond acceptors (Lipinski definition) is 5. The lowest BCUT2D eigenvalue weighted by Crippen LogP contribution is -2.44. The molecule has 5 rings (SSSR count). The molecule has 3 N–H and O–H groups in total. The molecule has 3 aliphatic rings. The maximum absolute atomic E-state index is 13.8. The molecule has 0 spiro atoms. The predicted molar refractivity (Wildman–Crippen MR) is 126 cm³/mol. The van der Waals surface area contributed by atoms with Crippen LogP contribution in [0.15, 0.2) is 18.2 Å². The Hall–Kier alpha value is -3.50. The van der Waals surface area contributed by atoms with Crippen molar-refractivity contribution in [2.75, 3.05) is 31.7 Å². The van der Waals surface area contributed by atoms with E-state index in [1.807, 2.05) is 0 Å². The molecule has 9 nitrogen and oxygen atoms in total. The highest BCUT2D eigenvalue weighted by Crippen LogP contribution is 2.34. The highest BCUT2D eigenvalue weighted by Gasteiger charge is 2.36. The van der Waals surface area contributed by atoms with Gasteiger partial charge in [-0.15, -0.1) is 0 Å². The molecule has 2 saturated heterocycles. The summed E-state index contributed by atoms with van der Waals surface area (Å²) in [6.07, 6.45) is 3.36. The number of nitrogens with one attached hydrogen (secondary N) is 3. The minimum Gasteiger partial charge on any atom is -0.381 e. The second kappa shape index (κ2) is 9.27. The number of aromatic nitrogens is 1. The minimum absolute atomic E-state index is 0.0791. The molecule has 1 aromatic carbocycles. The molecule has 2 fully saturated rings. The highest BCUT2D eigenvalue weighted by molar-refractivity contribution is 6.34. The number of aromatic amines is 1. The number of fused-ring (bicyclic) bond motifs is 1. The first-order valence-electron chi connectivity index (χ1n) is 11.7. The maximum atomic E-state index is 13.8. The lowest BCUT2D eigenvalue weighted by molar-refractivity contribution is -0.166. The van der Waals surface area contributed by atoms with Crippen LogP contribution >= 0.6 is 0 Å². The van der Waals surface area contributed by atoms with Crippen LogP contribution in [0.2, 0.25) is 0 Å². The number of rotatable bonds is 5. The summed E-state index contributed by atoms with van der Waals surface area (Å²) < 4.78 is 19.1. The Morgan fingerprint density at radius 1 is 1.26 bits per heavy atom. The maximum Gasteiger partial charge on any atom is 0.271 e. The van der Waals surface area contributed by atoms with Gasteiger partial charge < -0.3 is 20.4 Å². The number of anilines is 1. The van der Waals surface area contributed by atoms with E-state index in [1.165, 1.54) is 23.3 Å². The first kappa shape index (κ1) is 23.3. The summed E-state index contributed by atoms with van der Waals surface area (Å²) in [4.78, 5) is 47.1. The fourth-order valence-corrected chi connectivity index (χ4v) is 4.82. The normalized spacial score (nSPS) is 21.5.